The molecule has 1 aliphatic rings. The minimum Gasteiger partial charge on any atom is -0.436 e. The molecule has 5 heteroatoms. The quantitative estimate of drug-likeness (QED) is 0.198. The Bertz CT molecular complexity index is 2290. The zero-order valence-electron chi connectivity index (χ0n) is 25.4. The minimum atomic E-state index is -0.132. The fraction of sp³-hybridized carbons (Fsp3) is 0.0732. The molecule has 8 aromatic rings. The number of aromatic nitrogens is 2. The maximum absolute atomic E-state index is 6.32. The fourth-order valence-corrected chi connectivity index (χ4v) is 6.79. The third-order valence-electron chi connectivity index (χ3n) is 9.13. The summed E-state index contributed by atoms with van der Waals surface area (Å²) >= 11 is 0. The van der Waals surface area contributed by atoms with Crippen molar-refractivity contribution in [2.75, 3.05) is 4.90 Å². The van der Waals surface area contributed by atoms with Crippen molar-refractivity contribution in [3.63, 3.8) is 0 Å². The molecule has 0 fully saturated rings. The van der Waals surface area contributed by atoms with Crippen LogP contribution < -0.4 is 4.90 Å². The molecule has 0 unspecified atom stereocenters. The molecule has 46 heavy (non-hydrogen) atoms. The van der Waals surface area contributed by atoms with Crippen molar-refractivity contribution in [1.29, 1.82) is 0 Å². The van der Waals surface area contributed by atoms with Gasteiger partial charge in [-0.05, 0) is 82.9 Å². The Labute approximate surface area is 266 Å². The average Bonchev–Trinajstić information content (AvgIpc) is 3.79. The van der Waals surface area contributed by atoms with E-state index in [-0.39, 0.29) is 5.41 Å². The third-order valence-corrected chi connectivity index (χ3v) is 9.13. The van der Waals surface area contributed by atoms with Gasteiger partial charge in [0.05, 0.1) is 0 Å². The van der Waals surface area contributed by atoms with Crippen molar-refractivity contribution in [3.8, 4) is 34.0 Å². The van der Waals surface area contributed by atoms with Crippen LogP contribution in [0.15, 0.2) is 148 Å². The molecule has 9 rings (SSSR count). The van der Waals surface area contributed by atoms with Crippen LogP contribution in [-0.2, 0) is 5.41 Å². The van der Waals surface area contributed by atoms with Crippen molar-refractivity contribution in [2.24, 2.45) is 0 Å². The first-order valence-corrected chi connectivity index (χ1v) is 15.5. The van der Waals surface area contributed by atoms with E-state index in [0.717, 1.165) is 50.4 Å². The van der Waals surface area contributed by atoms with E-state index in [1.54, 1.807) is 0 Å². The van der Waals surface area contributed by atoms with Gasteiger partial charge in [0.15, 0.2) is 11.2 Å². The highest BCUT2D eigenvalue weighted by atomic mass is 16.4. The molecule has 220 valence electrons. The van der Waals surface area contributed by atoms with E-state index in [1.165, 1.54) is 22.3 Å². The molecule has 0 spiro atoms. The summed E-state index contributed by atoms with van der Waals surface area (Å²) in [6.07, 6.45) is 0. The number of nitrogens with zero attached hydrogens (tertiary/aromatic N) is 3. The number of oxazole rings is 2. The molecule has 0 atom stereocenters. The van der Waals surface area contributed by atoms with Crippen LogP contribution in [0.1, 0.15) is 25.0 Å². The molecule has 2 heterocycles. The number of hydrogen-bond acceptors (Lipinski definition) is 5. The van der Waals surface area contributed by atoms with Gasteiger partial charge in [0.25, 0.3) is 0 Å². The normalized spacial score (nSPS) is 13.2. The third kappa shape index (κ3) is 4.16. The molecule has 2 aromatic heterocycles. The molecule has 0 saturated heterocycles. The van der Waals surface area contributed by atoms with Gasteiger partial charge in [-0.1, -0.05) is 80.6 Å². The Morgan fingerprint density at radius 2 is 0.957 bits per heavy atom. The molecule has 1 aliphatic carbocycles. The van der Waals surface area contributed by atoms with E-state index in [0.29, 0.717) is 11.8 Å². The molecule has 0 amide bonds. The van der Waals surface area contributed by atoms with Crippen molar-refractivity contribution in [2.45, 2.75) is 19.3 Å². The van der Waals surface area contributed by atoms with Gasteiger partial charge in [-0.15, -0.1) is 0 Å². The Balaban J connectivity index is 1.21. The standard InChI is InChI=1S/C41H29N3O2/c1-41(2)33-16-10-9-15-31(33)32-20-17-28(23-34(32)41)44(29-18-21-35-37(24-29)45-39(42-35)26-11-5-3-6-12-26)30-19-22-36-38(25-30)46-40(43-36)27-13-7-4-8-14-27/h3-25H,1-2H3. The van der Waals surface area contributed by atoms with Crippen molar-refractivity contribution in [1.82, 2.24) is 9.97 Å². The summed E-state index contributed by atoms with van der Waals surface area (Å²) in [4.78, 5) is 11.8. The summed E-state index contributed by atoms with van der Waals surface area (Å²) in [5, 5.41) is 0. The molecule has 0 saturated carbocycles. The van der Waals surface area contributed by atoms with Gasteiger partial charge in [-0.25, -0.2) is 9.97 Å². The first kappa shape index (κ1) is 26.5. The number of fused-ring (bicyclic) bond motifs is 5. The van der Waals surface area contributed by atoms with E-state index >= 15 is 0 Å². The predicted octanol–water partition coefficient (Wildman–Crippen LogP) is 11.1. The lowest BCUT2D eigenvalue weighted by atomic mass is 9.82. The van der Waals surface area contributed by atoms with Crippen LogP contribution >= 0.6 is 0 Å². The van der Waals surface area contributed by atoms with E-state index in [2.05, 4.69) is 85.5 Å². The first-order valence-electron chi connectivity index (χ1n) is 15.5. The maximum Gasteiger partial charge on any atom is 0.227 e. The van der Waals surface area contributed by atoms with Crippen LogP contribution in [-0.4, -0.2) is 9.97 Å². The smallest absolute Gasteiger partial charge is 0.227 e. The summed E-state index contributed by atoms with van der Waals surface area (Å²) in [6.45, 7) is 4.62. The van der Waals surface area contributed by atoms with Crippen LogP contribution in [0.3, 0.4) is 0 Å². The lowest BCUT2D eigenvalue weighted by Crippen LogP contribution is -2.16. The first-order chi connectivity index (χ1) is 22.5. The topological polar surface area (TPSA) is 55.3 Å². The Morgan fingerprint density at radius 1 is 0.478 bits per heavy atom. The van der Waals surface area contributed by atoms with E-state index in [4.69, 9.17) is 18.8 Å². The molecule has 6 aromatic carbocycles. The summed E-state index contributed by atoms with van der Waals surface area (Å²) in [7, 11) is 0. The summed E-state index contributed by atoms with van der Waals surface area (Å²) in [6, 6.07) is 47.9. The molecule has 5 nitrogen and oxygen atoms in total. The van der Waals surface area contributed by atoms with Gasteiger partial charge in [0, 0.05) is 45.7 Å². The number of rotatable bonds is 5. The Kier molecular flexibility index (Phi) is 5.78. The molecular formula is C41H29N3O2. The van der Waals surface area contributed by atoms with Gasteiger partial charge in [-0.2, -0.15) is 0 Å². The molecule has 0 radical (unpaired) electrons. The van der Waals surface area contributed by atoms with Crippen LogP contribution in [0.5, 0.6) is 0 Å². The van der Waals surface area contributed by atoms with Gasteiger partial charge < -0.3 is 13.7 Å². The average molecular weight is 596 g/mol. The van der Waals surface area contributed by atoms with Crippen molar-refractivity contribution >= 4 is 39.3 Å². The second kappa shape index (κ2) is 10.0. The predicted molar refractivity (Wildman–Crippen MR) is 185 cm³/mol. The lowest BCUT2D eigenvalue weighted by molar-refractivity contribution is 0.620. The zero-order valence-corrected chi connectivity index (χ0v) is 25.4. The van der Waals surface area contributed by atoms with E-state index in [9.17, 15) is 0 Å². The zero-order chi connectivity index (χ0) is 30.8. The monoisotopic (exact) mass is 595 g/mol. The van der Waals surface area contributed by atoms with E-state index in [1.807, 2.05) is 72.8 Å². The fourth-order valence-electron chi connectivity index (χ4n) is 6.79. The Hall–Kier alpha value is -5.94. The van der Waals surface area contributed by atoms with Crippen LogP contribution in [0.2, 0.25) is 0 Å². The number of benzene rings is 6. The second-order valence-electron chi connectivity index (χ2n) is 12.3. The SMILES string of the molecule is CC1(C)c2ccccc2-c2ccc(N(c3ccc4nc(-c5ccccc5)oc4c3)c3ccc4nc(-c5ccccc5)oc4c3)cc21. The largest absolute Gasteiger partial charge is 0.436 e. The van der Waals surface area contributed by atoms with Crippen LogP contribution in [0, 0.1) is 0 Å². The van der Waals surface area contributed by atoms with Gasteiger partial charge in [0.1, 0.15) is 11.0 Å². The molecule has 0 N–H and O–H groups in total. The van der Waals surface area contributed by atoms with Gasteiger partial charge in [-0.3, -0.25) is 0 Å². The minimum absolute atomic E-state index is 0.132. The maximum atomic E-state index is 6.32. The van der Waals surface area contributed by atoms with E-state index < -0.39 is 0 Å². The number of hydrogen-bond donors (Lipinski definition) is 0. The summed E-state index contributed by atoms with van der Waals surface area (Å²) in [5.41, 5.74) is 13.0. The van der Waals surface area contributed by atoms with Crippen molar-refractivity contribution < 1.29 is 8.83 Å². The summed E-state index contributed by atoms with van der Waals surface area (Å²) < 4.78 is 12.6. The summed E-state index contributed by atoms with van der Waals surface area (Å²) in [5.74, 6) is 1.21. The highest BCUT2D eigenvalue weighted by Gasteiger charge is 2.35. The van der Waals surface area contributed by atoms with Crippen molar-refractivity contribution in [3.05, 3.63) is 151 Å². The highest BCUT2D eigenvalue weighted by molar-refractivity contribution is 5.90. The second-order valence-corrected chi connectivity index (χ2v) is 12.3. The van der Waals surface area contributed by atoms with Crippen LogP contribution in [0.4, 0.5) is 17.1 Å². The van der Waals surface area contributed by atoms with Crippen LogP contribution in [0.25, 0.3) is 56.2 Å². The molecule has 0 bridgehead atoms. The Morgan fingerprint density at radius 3 is 1.54 bits per heavy atom. The number of anilines is 3. The van der Waals surface area contributed by atoms with Gasteiger partial charge >= 0.3 is 0 Å². The lowest BCUT2D eigenvalue weighted by Gasteiger charge is -2.28. The van der Waals surface area contributed by atoms with Gasteiger partial charge in [0.2, 0.25) is 11.8 Å². The highest BCUT2D eigenvalue weighted by Crippen LogP contribution is 2.50. The molecule has 0 aliphatic heterocycles. The molecular weight excluding hydrogens is 566 g/mol.